The second kappa shape index (κ2) is 5.84. The van der Waals surface area contributed by atoms with Gasteiger partial charge in [0.1, 0.15) is 5.82 Å². The molecule has 0 unspecified atom stereocenters. The minimum atomic E-state index is 0.0532. The first kappa shape index (κ1) is 13.5. The summed E-state index contributed by atoms with van der Waals surface area (Å²) >= 11 is 0. The average molecular weight is 260 g/mol. The second-order valence-electron chi connectivity index (χ2n) is 5.00. The zero-order valence-electron chi connectivity index (χ0n) is 11.7. The van der Waals surface area contributed by atoms with E-state index in [1.807, 2.05) is 44.1 Å². The number of aromatic amines is 1. The Kier molecular flexibility index (Phi) is 4.16. The van der Waals surface area contributed by atoms with Gasteiger partial charge >= 0.3 is 0 Å². The quantitative estimate of drug-likeness (QED) is 0.846. The number of benzene rings is 1. The topological polar surface area (TPSA) is 61.0 Å². The van der Waals surface area contributed by atoms with Gasteiger partial charge in [0.2, 0.25) is 5.91 Å². The fourth-order valence-corrected chi connectivity index (χ4v) is 1.96. The molecule has 0 aliphatic carbocycles. The molecule has 0 bridgehead atoms. The molecule has 1 heterocycles. The van der Waals surface area contributed by atoms with Gasteiger partial charge in [0.15, 0.2) is 0 Å². The average Bonchev–Trinajstić information content (AvgIpc) is 2.67. The van der Waals surface area contributed by atoms with Crippen LogP contribution in [0.1, 0.15) is 11.4 Å². The molecule has 0 fully saturated rings. The number of H-pyrrole nitrogens is 1. The van der Waals surface area contributed by atoms with E-state index >= 15 is 0 Å². The van der Waals surface area contributed by atoms with E-state index in [1.165, 1.54) is 0 Å². The lowest BCUT2D eigenvalue weighted by atomic mass is 10.1. The zero-order valence-corrected chi connectivity index (χ0v) is 11.7. The maximum absolute atomic E-state index is 11.8. The van der Waals surface area contributed by atoms with Gasteiger partial charge in [-0.1, -0.05) is 6.07 Å². The van der Waals surface area contributed by atoms with Crippen molar-refractivity contribution < 1.29 is 4.79 Å². The Bertz CT molecular complexity index is 574. The van der Waals surface area contributed by atoms with Crippen LogP contribution in [0, 0.1) is 6.92 Å². The molecule has 5 heteroatoms. The number of fused-ring (bicyclic) bond motifs is 1. The molecule has 102 valence electrons. The van der Waals surface area contributed by atoms with Crippen molar-refractivity contribution in [1.82, 2.24) is 20.2 Å². The Labute approximate surface area is 113 Å². The van der Waals surface area contributed by atoms with Gasteiger partial charge in [0.05, 0.1) is 17.5 Å². The molecule has 2 rings (SSSR count). The third-order valence-corrected chi connectivity index (χ3v) is 2.91. The number of carbonyl (C=O) groups excluding carboxylic acids is 1. The number of aromatic nitrogens is 2. The van der Waals surface area contributed by atoms with Crippen LogP contribution in [0.2, 0.25) is 0 Å². The summed E-state index contributed by atoms with van der Waals surface area (Å²) in [7, 11) is 3.97. The summed E-state index contributed by atoms with van der Waals surface area (Å²) < 4.78 is 0. The zero-order chi connectivity index (χ0) is 13.8. The van der Waals surface area contributed by atoms with Crippen molar-refractivity contribution in [2.24, 2.45) is 0 Å². The van der Waals surface area contributed by atoms with Gasteiger partial charge < -0.3 is 15.2 Å². The molecule has 2 N–H and O–H groups in total. The third kappa shape index (κ3) is 3.79. The second-order valence-corrected chi connectivity index (χ2v) is 5.00. The molecule has 0 aliphatic rings. The summed E-state index contributed by atoms with van der Waals surface area (Å²) in [6.07, 6.45) is 0.404. The van der Waals surface area contributed by atoms with Crippen molar-refractivity contribution in [1.29, 1.82) is 0 Å². The summed E-state index contributed by atoms with van der Waals surface area (Å²) in [6.45, 7) is 3.45. The van der Waals surface area contributed by atoms with Crippen LogP contribution in [0.25, 0.3) is 11.0 Å². The molecule has 19 heavy (non-hydrogen) atoms. The van der Waals surface area contributed by atoms with Gasteiger partial charge in [-0.3, -0.25) is 4.79 Å². The van der Waals surface area contributed by atoms with Crippen LogP contribution >= 0.6 is 0 Å². The highest BCUT2D eigenvalue weighted by atomic mass is 16.1. The Morgan fingerprint density at radius 1 is 1.42 bits per heavy atom. The van der Waals surface area contributed by atoms with Crippen molar-refractivity contribution in [3.8, 4) is 0 Å². The fraction of sp³-hybridized carbons (Fsp3) is 0.429. The molecule has 1 amide bonds. The van der Waals surface area contributed by atoms with Crippen LogP contribution in [0.15, 0.2) is 18.2 Å². The number of nitrogens with zero attached hydrogens (tertiary/aromatic N) is 2. The number of amides is 1. The fourth-order valence-electron chi connectivity index (χ4n) is 1.96. The van der Waals surface area contributed by atoms with Crippen molar-refractivity contribution in [2.45, 2.75) is 13.3 Å². The van der Waals surface area contributed by atoms with Crippen molar-refractivity contribution in [3.05, 3.63) is 29.6 Å². The number of likely N-dealkylation sites (N-methyl/N-ethyl adjacent to an activating group) is 1. The van der Waals surface area contributed by atoms with E-state index in [-0.39, 0.29) is 5.91 Å². The summed E-state index contributed by atoms with van der Waals surface area (Å²) in [4.78, 5) is 21.3. The van der Waals surface area contributed by atoms with Gasteiger partial charge in [-0.15, -0.1) is 0 Å². The van der Waals surface area contributed by atoms with E-state index in [0.717, 1.165) is 29.0 Å². The van der Waals surface area contributed by atoms with Crippen LogP contribution < -0.4 is 5.32 Å². The highest BCUT2D eigenvalue weighted by Gasteiger charge is 2.05. The molecule has 0 aliphatic heterocycles. The standard InChI is InChI=1S/C14H20N4O/c1-10-16-12-5-4-11(8-13(12)17-10)9-14(19)15-6-7-18(2)3/h4-5,8H,6-7,9H2,1-3H3,(H,15,19)(H,16,17). The Morgan fingerprint density at radius 3 is 2.95 bits per heavy atom. The van der Waals surface area contributed by atoms with Crippen LogP contribution in [0.3, 0.4) is 0 Å². The van der Waals surface area contributed by atoms with E-state index in [2.05, 4.69) is 15.3 Å². The maximum Gasteiger partial charge on any atom is 0.224 e. The first-order chi connectivity index (χ1) is 9.04. The Balaban J connectivity index is 1.95. The van der Waals surface area contributed by atoms with Crippen molar-refractivity contribution >= 4 is 16.9 Å². The monoisotopic (exact) mass is 260 g/mol. The molecule has 1 aromatic heterocycles. The lowest BCUT2D eigenvalue weighted by Crippen LogP contribution is -2.32. The summed E-state index contributed by atoms with van der Waals surface area (Å²) in [5.74, 6) is 0.944. The molecule has 0 saturated heterocycles. The summed E-state index contributed by atoms with van der Waals surface area (Å²) in [5.41, 5.74) is 2.92. The predicted molar refractivity (Wildman–Crippen MR) is 76.1 cm³/mol. The number of rotatable bonds is 5. The van der Waals surface area contributed by atoms with Crippen LogP contribution in [-0.2, 0) is 11.2 Å². The number of aryl methyl sites for hydroxylation is 1. The van der Waals surface area contributed by atoms with Gasteiger partial charge in [0, 0.05) is 13.1 Å². The maximum atomic E-state index is 11.8. The highest BCUT2D eigenvalue weighted by molar-refractivity contribution is 5.81. The van der Waals surface area contributed by atoms with Gasteiger partial charge in [-0.2, -0.15) is 0 Å². The van der Waals surface area contributed by atoms with E-state index in [4.69, 9.17) is 0 Å². The Morgan fingerprint density at radius 2 is 2.21 bits per heavy atom. The minimum absolute atomic E-state index is 0.0532. The third-order valence-electron chi connectivity index (χ3n) is 2.91. The van der Waals surface area contributed by atoms with E-state index in [1.54, 1.807) is 0 Å². The molecule has 5 nitrogen and oxygen atoms in total. The van der Waals surface area contributed by atoms with Gasteiger partial charge in [0.25, 0.3) is 0 Å². The number of nitrogens with one attached hydrogen (secondary N) is 2. The van der Waals surface area contributed by atoms with E-state index in [0.29, 0.717) is 13.0 Å². The van der Waals surface area contributed by atoms with Crippen LogP contribution in [-0.4, -0.2) is 48.0 Å². The largest absolute Gasteiger partial charge is 0.355 e. The molecule has 1 aromatic carbocycles. The SMILES string of the molecule is Cc1nc2ccc(CC(=O)NCCN(C)C)cc2[nH]1. The highest BCUT2D eigenvalue weighted by Crippen LogP contribution is 2.13. The van der Waals surface area contributed by atoms with Crippen LogP contribution in [0.4, 0.5) is 0 Å². The lowest BCUT2D eigenvalue weighted by Gasteiger charge is -2.10. The summed E-state index contributed by atoms with van der Waals surface area (Å²) in [5, 5.41) is 2.91. The van der Waals surface area contributed by atoms with Crippen molar-refractivity contribution in [3.63, 3.8) is 0 Å². The van der Waals surface area contributed by atoms with Gasteiger partial charge in [-0.25, -0.2) is 4.98 Å². The van der Waals surface area contributed by atoms with Crippen LogP contribution in [0.5, 0.6) is 0 Å². The molecular formula is C14H20N4O. The first-order valence-electron chi connectivity index (χ1n) is 6.41. The minimum Gasteiger partial charge on any atom is -0.355 e. The van der Waals surface area contributed by atoms with E-state index < -0.39 is 0 Å². The molecule has 2 aromatic rings. The first-order valence-corrected chi connectivity index (χ1v) is 6.41. The summed E-state index contributed by atoms with van der Waals surface area (Å²) in [6, 6.07) is 5.89. The Hall–Kier alpha value is -1.88. The molecule has 0 saturated carbocycles. The number of carbonyl (C=O) groups is 1. The van der Waals surface area contributed by atoms with Gasteiger partial charge in [-0.05, 0) is 38.7 Å². The van der Waals surface area contributed by atoms with Crippen molar-refractivity contribution in [2.75, 3.05) is 27.2 Å². The molecule has 0 spiro atoms. The van der Waals surface area contributed by atoms with E-state index in [9.17, 15) is 4.79 Å². The predicted octanol–water partition coefficient (Wildman–Crippen LogP) is 1.09. The number of imidazole rings is 1. The number of hydrogen-bond acceptors (Lipinski definition) is 3. The molecule has 0 radical (unpaired) electrons. The number of hydrogen-bond donors (Lipinski definition) is 2. The molecular weight excluding hydrogens is 240 g/mol. The smallest absolute Gasteiger partial charge is 0.224 e. The lowest BCUT2D eigenvalue weighted by molar-refractivity contribution is -0.120. The molecule has 0 atom stereocenters. The normalized spacial score (nSPS) is 11.2.